The van der Waals surface area contributed by atoms with Crippen LogP contribution in [0.1, 0.15) is 19.4 Å². The Labute approximate surface area is 113 Å². The number of carbonyl (C=O) groups is 1. The van der Waals surface area contributed by atoms with E-state index in [1.165, 1.54) is 12.5 Å². The lowest BCUT2D eigenvalue weighted by atomic mass is 10.1. The summed E-state index contributed by atoms with van der Waals surface area (Å²) in [6.45, 7) is 4.78. The number of thiocarbonyl (C=S) groups is 1. The number of anilines is 1. The molecule has 3 N–H and O–H groups in total. The number of nitrogens with one attached hydrogen (secondary N) is 3. The first-order valence-corrected chi connectivity index (χ1v) is 6.41. The maximum atomic E-state index is 10.7. The summed E-state index contributed by atoms with van der Waals surface area (Å²) >= 11 is 5.16. The third kappa shape index (κ3) is 5.63. The SMILES string of the molecule is CCc1cccc(NC(=S)NCCNC(C)=O)c1. The minimum absolute atomic E-state index is 0.0358. The van der Waals surface area contributed by atoms with Crippen LogP contribution in [0.3, 0.4) is 0 Å². The van der Waals surface area contributed by atoms with E-state index in [2.05, 4.69) is 35.0 Å². The molecule has 98 valence electrons. The van der Waals surface area contributed by atoms with Crippen molar-refractivity contribution < 1.29 is 4.79 Å². The van der Waals surface area contributed by atoms with Gasteiger partial charge in [0.15, 0.2) is 5.11 Å². The molecule has 1 amide bonds. The van der Waals surface area contributed by atoms with Crippen molar-refractivity contribution in [3.05, 3.63) is 29.8 Å². The van der Waals surface area contributed by atoms with Gasteiger partial charge in [-0.1, -0.05) is 19.1 Å². The van der Waals surface area contributed by atoms with Crippen LogP contribution in [0, 0.1) is 0 Å². The number of benzene rings is 1. The predicted molar refractivity (Wildman–Crippen MR) is 78.7 cm³/mol. The minimum atomic E-state index is -0.0358. The summed E-state index contributed by atoms with van der Waals surface area (Å²) in [6, 6.07) is 8.13. The van der Waals surface area contributed by atoms with Crippen molar-refractivity contribution in [1.82, 2.24) is 10.6 Å². The van der Waals surface area contributed by atoms with Crippen LogP contribution in [0.4, 0.5) is 5.69 Å². The van der Waals surface area contributed by atoms with Crippen LogP contribution in [0.5, 0.6) is 0 Å². The molecule has 0 aliphatic carbocycles. The molecule has 0 aromatic heterocycles. The quantitative estimate of drug-likeness (QED) is 0.560. The minimum Gasteiger partial charge on any atom is -0.361 e. The molecule has 0 spiro atoms. The first kappa shape index (κ1) is 14.4. The zero-order valence-electron chi connectivity index (χ0n) is 10.7. The molecule has 0 bridgehead atoms. The average Bonchev–Trinajstić information content (AvgIpc) is 2.34. The fraction of sp³-hybridized carbons (Fsp3) is 0.385. The Morgan fingerprint density at radius 2 is 2.00 bits per heavy atom. The van der Waals surface area contributed by atoms with Crippen LogP contribution in [0.15, 0.2) is 24.3 Å². The van der Waals surface area contributed by atoms with Gasteiger partial charge in [-0.2, -0.15) is 0 Å². The molecule has 4 nitrogen and oxygen atoms in total. The molecule has 0 fully saturated rings. The summed E-state index contributed by atoms with van der Waals surface area (Å²) in [4.78, 5) is 10.7. The Hall–Kier alpha value is -1.62. The second kappa shape index (κ2) is 7.66. The van der Waals surface area contributed by atoms with E-state index in [1.54, 1.807) is 0 Å². The van der Waals surface area contributed by atoms with Crippen LogP contribution in [-0.2, 0) is 11.2 Å². The highest BCUT2D eigenvalue weighted by atomic mass is 32.1. The molecule has 0 unspecified atom stereocenters. The molecule has 5 heteroatoms. The lowest BCUT2D eigenvalue weighted by Crippen LogP contribution is -2.35. The van der Waals surface area contributed by atoms with Crippen molar-refractivity contribution in [1.29, 1.82) is 0 Å². The highest BCUT2D eigenvalue weighted by Gasteiger charge is 1.98. The standard InChI is InChI=1S/C13H19N3OS/c1-3-11-5-4-6-12(9-11)16-13(18)15-8-7-14-10(2)17/h4-6,9H,3,7-8H2,1-2H3,(H,14,17)(H2,15,16,18). The number of amides is 1. The van der Waals surface area contributed by atoms with Gasteiger partial charge in [0.2, 0.25) is 5.91 Å². The van der Waals surface area contributed by atoms with Gasteiger partial charge in [0.25, 0.3) is 0 Å². The van der Waals surface area contributed by atoms with Crippen molar-refractivity contribution in [2.75, 3.05) is 18.4 Å². The Morgan fingerprint density at radius 1 is 1.28 bits per heavy atom. The number of hydrogen-bond acceptors (Lipinski definition) is 2. The van der Waals surface area contributed by atoms with Crippen LogP contribution in [0.2, 0.25) is 0 Å². The van der Waals surface area contributed by atoms with Crippen molar-refractivity contribution in [3.8, 4) is 0 Å². The topological polar surface area (TPSA) is 53.2 Å². The van der Waals surface area contributed by atoms with Gasteiger partial charge in [-0.15, -0.1) is 0 Å². The zero-order valence-corrected chi connectivity index (χ0v) is 11.6. The third-order valence-corrected chi connectivity index (χ3v) is 2.62. The summed E-state index contributed by atoms with van der Waals surface area (Å²) in [7, 11) is 0. The molecule has 0 saturated heterocycles. The average molecular weight is 265 g/mol. The number of hydrogen-bond donors (Lipinski definition) is 3. The molecule has 0 radical (unpaired) electrons. The van der Waals surface area contributed by atoms with Gasteiger partial charge in [-0.05, 0) is 36.3 Å². The predicted octanol–water partition coefficient (Wildman–Crippen LogP) is 1.67. The Kier molecular flexibility index (Phi) is 6.14. The molecule has 1 aromatic rings. The van der Waals surface area contributed by atoms with E-state index in [4.69, 9.17) is 12.2 Å². The second-order valence-corrected chi connectivity index (χ2v) is 4.33. The van der Waals surface area contributed by atoms with Gasteiger partial charge < -0.3 is 16.0 Å². The lowest BCUT2D eigenvalue weighted by molar-refractivity contribution is -0.118. The van der Waals surface area contributed by atoms with E-state index >= 15 is 0 Å². The molecule has 0 saturated carbocycles. The van der Waals surface area contributed by atoms with E-state index in [-0.39, 0.29) is 5.91 Å². The fourth-order valence-corrected chi connectivity index (χ4v) is 1.68. The summed E-state index contributed by atoms with van der Waals surface area (Å²) in [5, 5.41) is 9.40. The van der Waals surface area contributed by atoms with Gasteiger partial charge in [0, 0.05) is 25.7 Å². The van der Waals surface area contributed by atoms with Gasteiger partial charge in [0.1, 0.15) is 0 Å². The third-order valence-electron chi connectivity index (χ3n) is 2.38. The maximum absolute atomic E-state index is 10.7. The summed E-state index contributed by atoms with van der Waals surface area (Å²) in [5.41, 5.74) is 2.24. The number of aryl methyl sites for hydroxylation is 1. The Bertz CT molecular complexity index is 420. The van der Waals surface area contributed by atoms with Crippen molar-refractivity contribution in [2.45, 2.75) is 20.3 Å². The lowest BCUT2D eigenvalue weighted by Gasteiger charge is -2.11. The normalized spacial score (nSPS) is 9.67. The highest BCUT2D eigenvalue weighted by molar-refractivity contribution is 7.80. The van der Waals surface area contributed by atoms with Gasteiger partial charge >= 0.3 is 0 Å². The molecule has 0 heterocycles. The highest BCUT2D eigenvalue weighted by Crippen LogP contribution is 2.10. The molecule has 1 rings (SSSR count). The molecule has 1 aromatic carbocycles. The molecule has 0 aliphatic rings. The Balaban J connectivity index is 2.33. The van der Waals surface area contributed by atoms with Crippen LogP contribution >= 0.6 is 12.2 Å². The zero-order chi connectivity index (χ0) is 13.4. The maximum Gasteiger partial charge on any atom is 0.216 e. The van der Waals surface area contributed by atoms with E-state index in [1.807, 2.05) is 12.1 Å². The van der Waals surface area contributed by atoms with E-state index in [0.717, 1.165) is 12.1 Å². The van der Waals surface area contributed by atoms with E-state index < -0.39 is 0 Å². The largest absolute Gasteiger partial charge is 0.361 e. The van der Waals surface area contributed by atoms with Crippen molar-refractivity contribution in [3.63, 3.8) is 0 Å². The first-order chi connectivity index (χ1) is 8.61. The van der Waals surface area contributed by atoms with Crippen LogP contribution in [0.25, 0.3) is 0 Å². The Morgan fingerprint density at radius 3 is 2.67 bits per heavy atom. The summed E-state index contributed by atoms with van der Waals surface area (Å²) in [5.74, 6) is -0.0358. The number of rotatable bonds is 5. The first-order valence-electron chi connectivity index (χ1n) is 6.00. The monoisotopic (exact) mass is 265 g/mol. The van der Waals surface area contributed by atoms with E-state index in [0.29, 0.717) is 18.2 Å². The second-order valence-electron chi connectivity index (χ2n) is 3.92. The smallest absolute Gasteiger partial charge is 0.216 e. The van der Waals surface area contributed by atoms with Crippen LogP contribution in [-0.4, -0.2) is 24.1 Å². The van der Waals surface area contributed by atoms with Gasteiger partial charge in [-0.3, -0.25) is 4.79 Å². The van der Waals surface area contributed by atoms with Crippen molar-refractivity contribution >= 4 is 28.9 Å². The molecular weight excluding hydrogens is 246 g/mol. The fourth-order valence-electron chi connectivity index (χ4n) is 1.46. The van der Waals surface area contributed by atoms with Gasteiger partial charge in [0.05, 0.1) is 0 Å². The van der Waals surface area contributed by atoms with Gasteiger partial charge in [-0.25, -0.2) is 0 Å². The molecule has 18 heavy (non-hydrogen) atoms. The molecule has 0 aliphatic heterocycles. The number of carbonyl (C=O) groups excluding carboxylic acids is 1. The molecular formula is C13H19N3OS. The van der Waals surface area contributed by atoms with Crippen molar-refractivity contribution in [2.24, 2.45) is 0 Å². The van der Waals surface area contributed by atoms with E-state index in [9.17, 15) is 4.79 Å². The summed E-state index contributed by atoms with van der Waals surface area (Å²) in [6.07, 6.45) is 0.998. The summed E-state index contributed by atoms with van der Waals surface area (Å²) < 4.78 is 0. The molecule has 0 atom stereocenters. The van der Waals surface area contributed by atoms with Crippen LogP contribution < -0.4 is 16.0 Å².